The van der Waals surface area contributed by atoms with Crippen LogP contribution in [0, 0.1) is 0 Å². The van der Waals surface area contributed by atoms with Crippen LogP contribution in [0.2, 0.25) is 0 Å². The van der Waals surface area contributed by atoms with Crippen molar-refractivity contribution in [2.75, 3.05) is 0 Å². The summed E-state index contributed by atoms with van der Waals surface area (Å²) in [6, 6.07) is 7.47. The normalized spacial score (nSPS) is 18.9. The van der Waals surface area contributed by atoms with Crippen molar-refractivity contribution in [3.8, 4) is 5.75 Å². The number of hydrogen-bond donors (Lipinski definition) is 2. The minimum atomic E-state index is -0.649. The van der Waals surface area contributed by atoms with Gasteiger partial charge in [0.1, 0.15) is 5.75 Å². The average Bonchev–Trinajstić information content (AvgIpc) is 3.14. The van der Waals surface area contributed by atoms with Crippen molar-refractivity contribution in [3.05, 3.63) is 47.7 Å². The number of oxazole rings is 1. The van der Waals surface area contributed by atoms with E-state index in [0.29, 0.717) is 24.0 Å². The Bertz CT molecular complexity index is 741. The first-order valence-electron chi connectivity index (χ1n) is 7.51. The molecular formula is C16H15N3O4. The van der Waals surface area contributed by atoms with Gasteiger partial charge >= 0.3 is 5.91 Å². The maximum atomic E-state index is 12.1. The first-order chi connectivity index (χ1) is 11.2. The van der Waals surface area contributed by atoms with Gasteiger partial charge in [-0.1, -0.05) is 18.2 Å². The van der Waals surface area contributed by atoms with Crippen LogP contribution in [0.15, 0.2) is 34.9 Å². The molecule has 0 radical (unpaired) electrons. The summed E-state index contributed by atoms with van der Waals surface area (Å²) in [5.41, 5.74) is 5.66. The van der Waals surface area contributed by atoms with Crippen LogP contribution >= 0.6 is 0 Å². The van der Waals surface area contributed by atoms with E-state index in [0.717, 1.165) is 18.4 Å². The van der Waals surface area contributed by atoms with Crippen molar-refractivity contribution in [2.24, 2.45) is 0 Å². The van der Waals surface area contributed by atoms with E-state index in [1.165, 1.54) is 6.20 Å². The number of nitrogens with zero attached hydrogens (tertiary/aromatic N) is 1. The molecule has 0 spiro atoms. The fourth-order valence-electron chi connectivity index (χ4n) is 2.50. The van der Waals surface area contributed by atoms with E-state index in [-0.39, 0.29) is 5.76 Å². The number of rotatable bonds is 3. The highest BCUT2D eigenvalue weighted by atomic mass is 16.5. The Morgan fingerprint density at radius 3 is 2.78 bits per heavy atom. The smallest absolute Gasteiger partial charge is 0.307 e. The first kappa shape index (κ1) is 13.8. The number of aromatic nitrogens is 1. The third-order valence-corrected chi connectivity index (χ3v) is 3.91. The maximum absolute atomic E-state index is 12.1. The minimum absolute atomic E-state index is 0.0860. The van der Waals surface area contributed by atoms with Gasteiger partial charge in [0.15, 0.2) is 12.0 Å². The van der Waals surface area contributed by atoms with Crippen LogP contribution in [0.3, 0.4) is 0 Å². The molecule has 1 aromatic carbocycles. The Labute approximate surface area is 132 Å². The van der Waals surface area contributed by atoms with Crippen LogP contribution in [0.4, 0.5) is 0 Å². The van der Waals surface area contributed by atoms with Crippen molar-refractivity contribution in [1.82, 2.24) is 15.8 Å². The van der Waals surface area contributed by atoms with Gasteiger partial charge in [-0.3, -0.25) is 20.4 Å². The van der Waals surface area contributed by atoms with Crippen LogP contribution in [0.5, 0.6) is 5.75 Å². The van der Waals surface area contributed by atoms with Crippen LogP contribution in [0.1, 0.15) is 40.8 Å². The fraction of sp³-hybridized carbons (Fsp3) is 0.312. The van der Waals surface area contributed by atoms with Crippen LogP contribution in [-0.2, 0) is 11.2 Å². The van der Waals surface area contributed by atoms with E-state index in [4.69, 9.17) is 9.15 Å². The van der Waals surface area contributed by atoms with E-state index in [1.807, 2.05) is 24.3 Å². The first-order valence-corrected chi connectivity index (χ1v) is 7.51. The molecule has 0 bridgehead atoms. The number of amides is 2. The third-order valence-electron chi connectivity index (χ3n) is 3.91. The molecule has 7 heteroatoms. The van der Waals surface area contributed by atoms with Crippen molar-refractivity contribution < 1.29 is 18.7 Å². The number of para-hydroxylation sites is 1. The molecular weight excluding hydrogens is 298 g/mol. The van der Waals surface area contributed by atoms with Gasteiger partial charge in [0.2, 0.25) is 5.76 Å². The number of ether oxygens (including phenoxy) is 1. The summed E-state index contributed by atoms with van der Waals surface area (Å²) >= 11 is 0. The number of hydrazine groups is 1. The molecule has 0 saturated heterocycles. The van der Waals surface area contributed by atoms with Crippen molar-refractivity contribution in [3.63, 3.8) is 0 Å². The SMILES string of the molecule is O=C(NNC(=O)C1Cc2ccccc2O1)c1cnc(C2CC2)o1. The van der Waals surface area contributed by atoms with Gasteiger partial charge in [-0.15, -0.1) is 0 Å². The molecule has 1 aromatic heterocycles. The monoisotopic (exact) mass is 313 g/mol. The van der Waals surface area contributed by atoms with Crippen LogP contribution < -0.4 is 15.6 Å². The number of carbonyl (C=O) groups excluding carboxylic acids is 2. The Kier molecular flexibility index (Phi) is 3.25. The van der Waals surface area contributed by atoms with Crippen LogP contribution in [-0.4, -0.2) is 22.9 Å². The molecule has 2 heterocycles. The van der Waals surface area contributed by atoms with Crippen molar-refractivity contribution >= 4 is 11.8 Å². The Morgan fingerprint density at radius 2 is 2.00 bits per heavy atom. The summed E-state index contributed by atoms with van der Waals surface area (Å²) in [4.78, 5) is 28.1. The molecule has 1 aliphatic heterocycles. The summed E-state index contributed by atoms with van der Waals surface area (Å²) in [5.74, 6) is 0.753. The molecule has 2 amide bonds. The van der Waals surface area contributed by atoms with Gasteiger partial charge in [0, 0.05) is 12.3 Å². The molecule has 4 rings (SSSR count). The highest BCUT2D eigenvalue weighted by Crippen LogP contribution is 2.39. The average molecular weight is 313 g/mol. The van der Waals surface area contributed by atoms with Crippen molar-refractivity contribution in [2.45, 2.75) is 31.3 Å². The lowest BCUT2D eigenvalue weighted by molar-refractivity contribution is -0.128. The second-order valence-electron chi connectivity index (χ2n) is 5.70. The van der Waals surface area contributed by atoms with E-state index in [2.05, 4.69) is 15.8 Å². The second kappa shape index (κ2) is 5.42. The maximum Gasteiger partial charge on any atom is 0.307 e. The summed E-state index contributed by atoms with van der Waals surface area (Å²) < 4.78 is 10.9. The van der Waals surface area contributed by atoms with Crippen molar-refractivity contribution in [1.29, 1.82) is 0 Å². The summed E-state index contributed by atoms with van der Waals surface area (Å²) in [7, 11) is 0. The fourth-order valence-corrected chi connectivity index (χ4v) is 2.50. The zero-order chi connectivity index (χ0) is 15.8. The number of fused-ring (bicyclic) bond motifs is 1. The lowest BCUT2D eigenvalue weighted by atomic mass is 10.1. The molecule has 23 heavy (non-hydrogen) atoms. The van der Waals surface area contributed by atoms with E-state index in [1.54, 1.807) is 0 Å². The highest BCUT2D eigenvalue weighted by Gasteiger charge is 2.31. The Morgan fingerprint density at radius 1 is 1.17 bits per heavy atom. The number of nitrogens with one attached hydrogen (secondary N) is 2. The number of carbonyl (C=O) groups is 2. The Hall–Kier alpha value is -2.83. The zero-order valence-corrected chi connectivity index (χ0v) is 12.2. The molecule has 1 saturated carbocycles. The van der Waals surface area contributed by atoms with E-state index >= 15 is 0 Å². The van der Waals surface area contributed by atoms with E-state index < -0.39 is 17.9 Å². The molecule has 1 aliphatic carbocycles. The predicted octanol–water partition coefficient (Wildman–Crippen LogP) is 1.32. The summed E-state index contributed by atoms with van der Waals surface area (Å²) in [5, 5.41) is 0. The number of benzene rings is 1. The zero-order valence-electron chi connectivity index (χ0n) is 12.2. The molecule has 2 N–H and O–H groups in total. The van der Waals surface area contributed by atoms with Gasteiger partial charge < -0.3 is 9.15 Å². The third kappa shape index (κ3) is 2.77. The molecule has 7 nitrogen and oxygen atoms in total. The predicted molar refractivity (Wildman–Crippen MR) is 78.6 cm³/mol. The molecule has 1 unspecified atom stereocenters. The topological polar surface area (TPSA) is 93.5 Å². The second-order valence-corrected chi connectivity index (χ2v) is 5.70. The van der Waals surface area contributed by atoms with Gasteiger partial charge in [0.05, 0.1) is 6.20 Å². The van der Waals surface area contributed by atoms with E-state index in [9.17, 15) is 9.59 Å². The lowest BCUT2D eigenvalue weighted by Gasteiger charge is -2.11. The van der Waals surface area contributed by atoms with Gasteiger partial charge in [-0.2, -0.15) is 0 Å². The largest absolute Gasteiger partial charge is 0.480 e. The summed E-state index contributed by atoms with van der Waals surface area (Å²) in [6.45, 7) is 0. The molecule has 2 aliphatic rings. The van der Waals surface area contributed by atoms with Crippen LogP contribution in [0.25, 0.3) is 0 Å². The standard InChI is InChI=1S/C16H15N3O4/c20-14(12-7-10-3-1-2-4-11(10)22-12)18-19-15(21)13-8-17-16(23-13)9-5-6-9/h1-4,8-9,12H,5-7H2,(H,18,20)(H,19,21). The highest BCUT2D eigenvalue weighted by molar-refractivity contribution is 5.93. The minimum Gasteiger partial charge on any atom is -0.480 e. The molecule has 2 aromatic rings. The Balaban J connectivity index is 1.32. The van der Waals surface area contributed by atoms with Gasteiger partial charge in [-0.05, 0) is 24.5 Å². The molecule has 118 valence electrons. The molecule has 1 atom stereocenters. The summed E-state index contributed by atoms with van der Waals surface area (Å²) in [6.07, 6.45) is 3.28. The number of hydrogen-bond acceptors (Lipinski definition) is 5. The van der Waals surface area contributed by atoms with Gasteiger partial charge in [0.25, 0.3) is 5.91 Å². The quantitative estimate of drug-likeness (QED) is 0.834. The molecule has 1 fully saturated rings. The lowest BCUT2D eigenvalue weighted by Crippen LogP contribution is -2.47. The van der Waals surface area contributed by atoms with Gasteiger partial charge in [-0.25, -0.2) is 4.98 Å².